The van der Waals surface area contributed by atoms with Crippen LogP contribution >= 0.6 is 0 Å². The van der Waals surface area contributed by atoms with Gasteiger partial charge in [-0.2, -0.15) is 13.2 Å². The van der Waals surface area contributed by atoms with Crippen LogP contribution in [0.2, 0.25) is 0 Å². The van der Waals surface area contributed by atoms with E-state index in [1.54, 1.807) is 12.1 Å². The summed E-state index contributed by atoms with van der Waals surface area (Å²) >= 11 is 0. The van der Waals surface area contributed by atoms with E-state index in [4.69, 9.17) is 0 Å². The molecule has 0 unspecified atom stereocenters. The summed E-state index contributed by atoms with van der Waals surface area (Å²) in [5.74, 6) is -1.36. The van der Waals surface area contributed by atoms with Crippen molar-refractivity contribution in [3.63, 3.8) is 0 Å². The average molecular weight is 316 g/mol. The lowest BCUT2D eigenvalue weighted by atomic mass is 9.85. The van der Waals surface area contributed by atoms with Gasteiger partial charge in [-0.15, -0.1) is 0 Å². The monoisotopic (exact) mass is 316 g/mol. The van der Waals surface area contributed by atoms with Crippen molar-refractivity contribution in [1.29, 1.82) is 0 Å². The first-order chi connectivity index (χ1) is 10.1. The third kappa shape index (κ3) is 5.67. The van der Waals surface area contributed by atoms with E-state index in [-0.39, 0.29) is 11.6 Å². The molecule has 0 saturated carbocycles. The van der Waals surface area contributed by atoms with Crippen molar-refractivity contribution >= 4 is 11.6 Å². The van der Waals surface area contributed by atoms with Gasteiger partial charge in [-0.3, -0.25) is 4.79 Å². The predicted octanol–water partition coefficient (Wildman–Crippen LogP) is 3.88. The number of nitrogens with zero attached hydrogens (tertiary/aromatic N) is 1. The zero-order valence-corrected chi connectivity index (χ0v) is 13.4. The summed E-state index contributed by atoms with van der Waals surface area (Å²) in [6.07, 6.45) is -3.97. The van der Waals surface area contributed by atoms with E-state index in [9.17, 15) is 18.0 Å². The second-order valence-corrected chi connectivity index (χ2v) is 6.02. The molecule has 1 aromatic carbocycles. The van der Waals surface area contributed by atoms with Crippen LogP contribution in [0.25, 0.3) is 0 Å². The molecule has 0 radical (unpaired) electrons. The molecule has 6 heteroatoms. The number of hydrogen-bond donors (Lipinski definition) is 1. The fraction of sp³-hybridized carbons (Fsp3) is 0.562. The molecule has 0 spiro atoms. The summed E-state index contributed by atoms with van der Waals surface area (Å²) in [4.78, 5) is 13.1. The molecular formula is C16H23F3N2O. The minimum atomic E-state index is -4.88. The maximum absolute atomic E-state index is 12.3. The summed E-state index contributed by atoms with van der Waals surface area (Å²) in [5, 5.41) is 1.91. The highest BCUT2D eigenvalue weighted by Gasteiger charge is 2.38. The highest BCUT2D eigenvalue weighted by molar-refractivity contribution is 5.94. The number of carbonyl (C=O) groups is 1. The maximum Gasteiger partial charge on any atom is 0.471 e. The number of hydrogen-bond acceptors (Lipinski definition) is 2. The van der Waals surface area contributed by atoms with Gasteiger partial charge in [0.25, 0.3) is 0 Å². The molecule has 1 rings (SSSR count). The first kappa shape index (κ1) is 18.5. The Hall–Kier alpha value is -1.56. The topological polar surface area (TPSA) is 32.3 Å². The van der Waals surface area contributed by atoms with Crippen molar-refractivity contribution in [2.45, 2.75) is 32.4 Å². The molecule has 1 atom stereocenters. The van der Waals surface area contributed by atoms with Gasteiger partial charge in [-0.25, -0.2) is 0 Å². The summed E-state index contributed by atoms with van der Waals surface area (Å²) in [7, 11) is 3.97. The normalized spacial score (nSPS) is 13.5. The van der Waals surface area contributed by atoms with Crippen LogP contribution in [0.3, 0.4) is 0 Å². The van der Waals surface area contributed by atoms with Gasteiger partial charge in [0.15, 0.2) is 0 Å². The first-order valence-corrected chi connectivity index (χ1v) is 7.24. The Balaban J connectivity index is 2.90. The molecule has 1 aromatic rings. The lowest BCUT2D eigenvalue weighted by molar-refractivity contribution is -0.167. The first-order valence-electron chi connectivity index (χ1n) is 7.24. The van der Waals surface area contributed by atoms with E-state index in [2.05, 4.69) is 18.7 Å². The Morgan fingerprint density at radius 2 is 1.91 bits per heavy atom. The summed E-state index contributed by atoms with van der Waals surface area (Å²) < 4.78 is 36.9. The van der Waals surface area contributed by atoms with Crippen LogP contribution in [0.15, 0.2) is 24.3 Å². The zero-order valence-electron chi connectivity index (χ0n) is 13.4. The molecule has 124 valence electrons. The molecular weight excluding hydrogens is 293 g/mol. The predicted molar refractivity (Wildman–Crippen MR) is 81.9 cm³/mol. The third-order valence-corrected chi connectivity index (χ3v) is 3.52. The van der Waals surface area contributed by atoms with Gasteiger partial charge in [0, 0.05) is 5.69 Å². The number of amides is 1. The molecule has 0 aliphatic carbocycles. The van der Waals surface area contributed by atoms with Crippen molar-refractivity contribution < 1.29 is 18.0 Å². The molecule has 1 amide bonds. The molecule has 0 fully saturated rings. The minimum Gasteiger partial charge on any atom is -0.318 e. The lowest BCUT2D eigenvalue weighted by Crippen LogP contribution is -2.30. The fourth-order valence-electron chi connectivity index (χ4n) is 2.33. The highest BCUT2D eigenvalue weighted by Crippen LogP contribution is 2.30. The van der Waals surface area contributed by atoms with Gasteiger partial charge in [-0.1, -0.05) is 26.0 Å². The average Bonchev–Trinajstić information content (AvgIpc) is 2.37. The molecule has 3 nitrogen and oxygen atoms in total. The number of rotatable bonds is 6. The number of carbonyl (C=O) groups excluding carboxylic acids is 1. The molecule has 0 aliphatic rings. The fourth-order valence-corrected chi connectivity index (χ4v) is 2.33. The van der Waals surface area contributed by atoms with Crippen LogP contribution in [-0.4, -0.2) is 37.6 Å². The van der Waals surface area contributed by atoms with Crippen molar-refractivity contribution in [3.8, 4) is 0 Å². The molecule has 0 aromatic heterocycles. The molecule has 1 N–H and O–H groups in total. The smallest absolute Gasteiger partial charge is 0.318 e. The van der Waals surface area contributed by atoms with E-state index in [1.165, 1.54) is 6.07 Å². The van der Waals surface area contributed by atoms with Crippen molar-refractivity contribution in [3.05, 3.63) is 29.8 Å². The van der Waals surface area contributed by atoms with E-state index >= 15 is 0 Å². The van der Waals surface area contributed by atoms with Gasteiger partial charge < -0.3 is 10.2 Å². The van der Waals surface area contributed by atoms with E-state index in [1.807, 2.05) is 25.5 Å². The van der Waals surface area contributed by atoms with Crippen LogP contribution in [0, 0.1) is 5.92 Å². The summed E-state index contributed by atoms with van der Waals surface area (Å²) in [6.45, 7) is 5.06. The number of benzene rings is 1. The quantitative estimate of drug-likeness (QED) is 0.864. The summed E-state index contributed by atoms with van der Waals surface area (Å²) in [6, 6.07) is 6.66. The van der Waals surface area contributed by atoms with Gasteiger partial charge in [-0.05, 0) is 56.6 Å². The molecule has 0 aliphatic heterocycles. The van der Waals surface area contributed by atoms with Crippen LogP contribution in [-0.2, 0) is 4.79 Å². The Labute approximate surface area is 129 Å². The van der Waals surface area contributed by atoms with Gasteiger partial charge in [0.05, 0.1) is 0 Å². The van der Waals surface area contributed by atoms with Crippen LogP contribution in [0.4, 0.5) is 18.9 Å². The van der Waals surface area contributed by atoms with Crippen LogP contribution in [0.5, 0.6) is 0 Å². The van der Waals surface area contributed by atoms with Crippen molar-refractivity contribution in [2.24, 2.45) is 5.92 Å². The number of anilines is 1. The van der Waals surface area contributed by atoms with Crippen LogP contribution in [0.1, 0.15) is 31.7 Å². The van der Waals surface area contributed by atoms with Crippen LogP contribution < -0.4 is 5.32 Å². The zero-order chi connectivity index (χ0) is 16.9. The minimum absolute atomic E-state index is 0.176. The Kier molecular flexibility index (Phi) is 6.41. The highest BCUT2D eigenvalue weighted by atomic mass is 19.4. The van der Waals surface area contributed by atoms with Crippen molar-refractivity contribution in [2.75, 3.05) is 26.0 Å². The maximum atomic E-state index is 12.3. The number of nitrogens with one attached hydrogen (secondary N) is 1. The third-order valence-electron chi connectivity index (χ3n) is 3.52. The van der Waals surface area contributed by atoms with Gasteiger partial charge in [0.1, 0.15) is 0 Å². The largest absolute Gasteiger partial charge is 0.471 e. The van der Waals surface area contributed by atoms with Crippen molar-refractivity contribution in [1.82, 2.24) is 4.90 Å². The lowest BCUT2D eigenvalue weighted by Gasteiger charge is -2.24. The molecule has 0 saturated heterocycles. The Morgan fingerprint density at radius 3 is 2.41 bits per heavy atom. The van der Waals surface area contributed by atoms with E-state index in [0.717, 1.165) is 18.5 Å². The SMILES string of the molecule is CC(C)[C@H](CCN(C)C)c1cccc(NC(=O)C(F)(F)F)c1. The number of halogens is 3. The standard InChI is InChI=1S/C16H23F3N2O/c1-11(2)14(8-9-21(3)4)12-6-5-7-13(10-12)20-15(22)16(17,18)19/h5-7,10-11,14H,8-9H2,1-4H3,(H,20,22)/t14-/m0/s1. The number of alkyl halides is 3. The second kappa shape index (κ2) is 7.63. The van der Waals surface area contributed by atoms with Gasteiger partial charge in [0.2, 0.25) is 0 Å². The Bertz CT molecular complexity index is 498. The molecule has 0 heterocycles. The molecule has 22 heavy (non-hydrogen) atoms. The Morgan fingerprint density at radius 1 is 1.27 bits per heavy atom. The van der Waals surface area contributed by atoms with E-state index in [0.29, 0.717) is 5.92 Å². The molecule has 0 bridgehead atoms. The van der Waals surface area contributed by atoms with Gasteiger partial charge >= 0.3 is 12.1 Å². The summed E-state index contributed by atoms with van der Waals surface area (Å²) in [5.41, 5.74) is 1.12. The second-order valence-electron chi connectivity index (χ2n) is 6.02. The van der Waals surface area contributed by atoms with E-state index < -0.39 is 12.1 Å².